The fourth-order valence-electron chi connectivity index (χ4n) is 5.96. The van der Waals surface area contributed by atoms with Crippen LogP contribution in [0.5, 0.6) is 23.0 Å². The summed E-state index contributed by atoms with van der Waals surface area (Å²) in [5.74, 6) is 1.23. The number of aliphatic hydroxyl groups is 1. The van der Waals surface area contributed by atoms with Gasteiger partial charge in [-0.05, 0) is 87.7 Å². The normalized spacial score (nSPS) is 20.2. The van der Waals surface area contributed by atoms with Crippen molar-refractivity contribution in [1.82, 2.24) is 9.80 Å². The fraction of sp³-hybridized carbons (Fsp3) is 0.459. The lowest BCUT2D eigenvalue weighted by Gasteiger charge is -2.35. The van der Waals surface area contributed by atoms with Crippen LogP contribution in [0, 0.1) is 5.92 Å². The van der Waals surface area contributed by atoms with Crippen molar-refractivity contribution >= 4 is 33.3 Å². The van der Waals surface area contributed by atoms with E-state index < -0.39 is 28.1 Å². The largest absolute Gasteiger partial charge is 0.497 e. The van der Waals surface area contributed by atoms with Crippen molar-refractivity contribution < 1.29 is 46.8 Å². The van der Waals surface area contributed by atoms with Gasteiger partial charge in [0.2, 0.25) is 6.79 Å². The molecule has 2 aliphatic rings. The first-order valence-corrected chi connectivity index (χ1v) is 18.8. The predicted octanol–water partition coefficient (Wildman–Crippen LogP) is 5.18. The number of amides is 3. The maximum absolute atomic E-state index is 14.4. The lowest BCUT2D eigenvalue weighted by atomic mass is 10.0. The lowest BCUT2D eigenvalue weighted by molar-refractivity contribution is -0.0115. The van der Waals surface area contributed by atoms with E-state index in [4.69, 9.17) is 23.7 Å². The van der Waals surface area contributed by atoms with Gasteiger partial charge in [0.15, 0.2) is 11.5 Å². The van der Waals surface area contributed by atoms with Crippen LogP contribution < -0.4 is 29.0 Å². The number of sulfonamides is 1. The third-order valence-electron chi connectivity index (χ3n) is 9.10. The number of likely N-dealkylation sites (N-methyl/N-ethyl adjacent to an activating group) is 1. The number of ether oxygens (including phenoxy) is 5. The number of hydrogen-bond acceptors (Lipinski definition) is 10. The van der Waals surface area contributed by atoms with E-state index in [0.29, 0.717) is 41.7 Å². The topological polar surface area (TPSA) is 165 Å². The van der Waals surface area contributed by atoms with Gasteiger partial charge in [-0.2, -0.15) is 0 Å². The molecule has 0 saturated carbocycles. The molecule has 0 aromatic heterocycles. The molecule has 0 bridgehead atoms. The first-order valence-electron chi connectivity index (χ1n) is 17.3. The molecule has 2 heterocycles. The van der Waals surface area contributed by atoms with Crippen molar-refractivity contribution in [1.29, 1.82) is 0 Å². The van der Waals surface area contributed by atoms with Crippen LogP contribution in [-0.2, 0) is 14.8 Å². The number of rotatable bonds is 9. The Morgan fingerprint density at radius 2 is 1.73 bits per heavy atom. The number of carbonyl (C=O) groups is 2. The van der Waals surface area contributed by atoms with Crippen LogP contribution >= 0.6 is 0 Å². The van der Waals surface area contributed by atoms with E-state index in [-0.39, 0.29) is 60.7 Å². The zero-order valence-electron chi connectivity index (χ0n) is 30.2. The second kappa shape index (κ2) is 17.2. The van der Waals surface area contributed by atoms with Gasteiger partial charge in [0, 0.05) is 50.1 Å². The average Bonchev–Trinajstić information content (AvgIpc) is 3.60. The number of hydrogen-bond donors (Lipinski definition) is 3. The molecule has 52 heavy (non-hydrogen) atoms. The molecule has 0 spiro atoms. The molecule has 3 aromatic rings. The SMILES string of the molecule is COc1ccc(S(=O)(=O)Nc2ccc3c(c2)C(=O)N([C@H](C)CO)C[C@@H](C)[C@H](CN(C)C(=O)Nc2ccc4c(c2)OCO4)OCCCC[C@H](C)O3)cc1. The van der Waals surface area contributed by atoms with Crippen molar-refractivity contribution in [3.8, 4) is 23.0 Å². The van der Waals surface area contributed by atoms with Gasteiger partial charge in [-0.1, -0.05) is 6.92 Å². The van der Waals surface area contributed by atoms with Crippen LogP contribution in [0.3, 0.4) is 0 Å². The summed E-state index contributed by atoms with van der Waals surface area (Å²) in [7, 11) is -0.845. The quantitative estimate of drug-likeness (QED) is 0.266. The predicted molar refractivity (Wildman–Crippen MR) is 195 cm³/mol. The summed E-state index contributed by atoms with van der Waals surface area (Å²) in [6, 6.07) is 14.8. The highest BCUT2D eigenvalue weighted by Gasteiger charge is 2.31. The van der Waals surface area contributed by atoms with Crippen molar-refractivity contribution in [3.05, 3.63) is 66.2 Å². The molecular weight excluding hydrogens is 692 g/mol. The smallest absolute Gasteiger partial charge is 0.321 e. The summed E-state index contributed by atoms with van der Waals surface area (Å²) in [4.78, 5) is 30.8. The van der Waals surface area contributed by atoms with Crippen molar-refractivity contribution in [2.24, 2.45) is 5.92 Å². The molecule has 15 heteroatoms. The van der Waals surface area contributed by atoms with Crippen molar-refractivity contribution in [3.63, 3.8) is 0 Å². The molecule has 0 fully saturated rings. The highest BCUT2D eigenvalue weighted by molar-refractivity contribution is 7.92. The van der Waals surface area contributed by atoms with Gasteiger partial charge in [0.05, 0.1) is 42.4 Å². The van der Waals surface area contributed by atoms with Crippen molar-refractivity contribution in [2.45, 2.75) is 63.2 Å². The number of carbonyl (C=O) groups excluding carboxylic acids is 2. The van der Waals surface area contributed by atoms with E-state index in [9.17, 15) is 23.1 Å². The Kier molecular flexibility index (Phi) is 12.7. The van der Waals surface area contributed by atoms with Crippen molar-refractivity contribution in [2.75, 3.05) is 57.3 Å². The maximum Gasteiger partial charge on any atom is 0.321 e. The molecule has 4 atom stereocenters. The van der Waals surface area contributed by atoms with Gasteiger partial charge < -0.3 is 43.9 Å². The zero-order valence-corrected chi connectivity index (χ0v) is 31.0. The zero-order chi connectivity index (χ0) is 37.4. The van der Waals surface area contributed by atoms with Gasteiger partial charge in [-0.25, -0.2) is 13.2 Å². The number of nitrogens with one attached hydrogen (secondary N) is 2. The molecule has 0 aliphatic carbocycles. The molecule has 3 amide bonds. The Hall–Kier alpha value is -4.73. The van der Waals surface area contributed by atoms with Crippen LogP contribution in [-0.4, -0.2) is 101 Å². The molecule has 14 nitrogen and oxygen atoms in total. The van der Waals surface area contributed by atoms with Crippen LogP contribution in [0.4, 0.5) is 16.2 Å². The molecule has 0 unspecified atom stereocenters. The molecule has 282 valence electrons. The van der Waals surface area contributed by atoms with Crippen LogP contribution in [0.25, 0.3) is 0 Å². The summed E-state index contributed by atoms with van der Waals surface area (Å²) in [6.07, 6.45) is 1.49. The van der Waals surface area contributed by atoms with E-state index in [1.54, 1.807) is 56.4 Å². The van der Waals surface area contributed by atoms with E-state index in [1.165, 1.54) is 35.1 Å². The summed E-state index contributed by atoms with van der Waals surface area (Å²) < 4.78 is 57.7. The van der Waals surface area contributed by atoms with Gasteiger partial charge >= 0.3 is 6.03 Å². The Morgan fingerprint density at radius 3 is 2.46 bits per heavy atom. The average molecular weight is 741 g/mol. The summed E-state index contributed by atoms with van der Waals surface area (Å²) in [6.45, 7) is 6.21. The number of aliphatic hydroxyl groups excluding tert-OH is 1. The Bertz CT molecular complexity index is 1810. The van der Waals surface area contributed by atoms with E-state index in [0.717, 1.165) is 12.8 Å². The van der Waals surface area contributed by atoms with Crippen LogP contribution in [0.1, 0.15) is 50.4 Å². The van der Waals surface area contributed by atoms with E-state index in [1.807, 2.05) is 13.8 Å². The Balaban J connectivity index is 1.38. The Morgan fingerprint density at radius 1 is 1.02 bits per heavy atom. The second-order valence-electron chi connectivity index (χ2n) is 13.2. The summed E-state index contributed by atoms with van der Waals surface area (Å²) in [5, 5.41) is 13.2. The highest BCUT2D eigenvalue weighted by Crippen LogP contribution is 2.34. The number of nitrogens with zero attached hydrogens (tertiary/aromatic N) is 2. The lowest BCUT2D eigenvalue weighted by Crippen LogP contribution is -2.48. The number of benzene rings is 3. The van der Waals surface area contributed by atoms with Gasteiger partial charge in [0.25, 0.3) is 15.9 Å². The number of fused-ring (bicyclic) bond motifs is 2. The number of urea groups is 1. The van der Waals surface area contributed by atoms with Gasteiger partial charge in [-0.15, -0.1) is 0 Å². The second-order valence-corrected chi connectivity index (χ2v) is 14.9. The van der Waals surface area contributed by atoms with Crippen LogP contribution in [0.2, 0.25) is 0 Å². The monoisotopic (exact) mass is 740 g/mol. The molecular formula is C37H48N4O10S. The first kappa shape index (κ1) is 38.5. The summed E-state index contributed by atoms with van der Waals surface area (Å²) >= 11 is 0. The third-order valence-corrected chi connectivity index (χ3v) is 10.5. The fourth-order valence-corrected chi connectivity index (χ4v) is 7.01. The molecule has 5 rings (SSSR count). The van der Waals surface area contributed by atoms with E-state index >= 15 is 0 Å². The minimum atomic E-state index is -4.01. The first-order chi connectivity index (χ1) is 24.9. The number of anilines is 2. The minimum absolute atomic E-state index is 0.0227. The number of methoxy groups -OCH3 is 1. The minimum Gasteiger partial charge on any atom is -0.497 e. The molecule has 2 aliphatic heterocycles. The molecule has 3 aromatic carbocycles. The van der Waals surface area contributed by atoms with E-state index in [2.05, 4.69) is 10.0 Å². The van der Waals surface area contributed by atoms with Gasteiger partial charge in [-0.3, -0.25) is 9.52 Å². The molecule has 0 radical (unpaired) electrons. The maximum atomic E-state index is 14.4. The van der Waals surface area contributed by atoms with Crippen LogP contribution in [0.15, 0.2) is 65.6 Å². The molecule has 0 saturated heterocycles. The highest BCUT2D eigenvalue weighted by atomic mass is 32.2. The standard InChI is InChI=1S/C37H48N4O10S/c1-24-20-41(25(2)22-42)36(43)31-18-28(39-52(45,46)30-13-11-29(47-5)12-14-30)10-15-32(31)51-26(3)8-6-7-17-48-35(24)21-40(4)37(44)38-27-9-16-33-34(19-27)50-23-49-33/h9-16,18-19,24-26,35,39,42H,6-8,17,20-23H2,1-5H3,(H,38,44)/t24-,25-,26+,35+/m1/s1. The Labute approximate surface area is 305 Å². The van der Waals surface area contributed by atoms with Gasteiger partial charge in [0.1, 0.15) is 11.5 Å². The molecule has 3 N–H and O–H groups in total. The third kappa shape index (κ3) is 9.57. The summed E-state index contributed by atoms with van der Waals surface area (Å²) in [5.41, 5.74) is 0.862.